The van der Waals surface area contributed by atoms with E-state index in [-0.39, 0.29) is 35.6 Å². The van der Waals surface area contributed by atoms with Crippen molar-refractivity contribution in [1.29, 1.82) is 5.26 Å². The number of carbonyl (C=O) groups excluding carboxylic acids is 2. The lowest BCUT2D eigenvalue weighted by atomic mass is 9.96. The molecular formula is C24H22Cl2N4O5. The van der Waals surface area contributed by atoms with E-state index in [1.165, 1.54) is 32.3 Å². The Morgan fingerprint density at radius 1 is 1.14 bits per heavy atom. The van der Waals surface area contributed by atoms with Gasteiger partial charge in [0.15, 0.2) is 0 Å². The molecule has 1 heterocycles. The van der Waals surface area contributed by atoms with Gasteiger partial charge in [-0.1, -0.05) is 30.1 Å². The minimum absolute atomic E-state index is 0.0698. The molecule has 0 aliphatic rings. The molecule has 1 atom stereocenters. The summed E-state index contributed by atoms with van der Waals surface area (Å²) in [6.07, 6.45) is 1.30. The number of aromatic nitrogens is 2. The molecule has 0 saturated heterocycles. The summed E-state index contributed by atoms with van der Waals surface area (Å²) < 4.78 is 16.7. The van der Waals surface area contributed by atoms with Crippen LogP contribution in [-0.2, 0) is 14.3 Å². The molecule has 0 spiro atoms. The summed E-state index contributed by atoms with van der Waals surface area (Å²) >= 11 is 12.3. The molecule has 0 bridgehead atoms. The van der Waals surface area contributed by atoms with Gasteiger partial charge in [0.2, 0.25) is 11.7 Å². The summed E-state index contributed by atoms with van der Waals surface area (Å²) in [5, 5.41) is 10.5. The highest BCUT2D eigenvalue weighted by Crippen LogP contribution is 2.34. The minimum atomic E-state index is -2.45. The number of benzene rings is 2. The first-order valence-corrected chi connectivity index (χ1v) is 11.4. The Hall–Kier alpha value is -3.45. The van der Waals surface area contributed by atoms with Crippen LogP contribution in [0.15, 0.2) is 42.6 Å². The molecule has 1 aromatic heterocycles. The molecular weight excluding hydrogens is 495 g/mol. The van der Waals surface area contributed by atoms with Crippen molar-refractivity contribution in [3.63, 3.8) is 0 Å². The number of rotatable bonds is 10. The van der Waals surface area contributed by atoms with Gasteiger partial charge in [0.1, 0.15) is 24.3 Å². The topological polar surface area (TPSA) is 115 Å². The van der Waals surface area contributed by atoms with Gasteiger partial charge in [-0.05, 0) is 37.3 Å². The number of carbonyl (C=O) groups is 2. The number of ketones is 1. The van der Waals surface area contributed by atoms with E-state index in [4.69, 9.17) is 37.4 Å². The SMILES string of the molecule is CCOCN(C)C(=O)C(C#N)(Oc1cc(Oc2cnc3cc(Cl)ccc3n2)ccc1Cl)C(=O)CC. The maximum Gasteiger partial charge on any atom is 0.330 e. The molecule has 0 fully saturated rings. The Kier molecular flexibility index (Phi) is 8.46. The van der Waals surface area contributed by atoms with Gasteiger partial charge in [-0.3, -0.25) is 9.59 Å². The van der Waals surface area contributed by atoms with Crippen molar-refractivity contribution in [2.75, 3.05) is 20.4 Å². The molecule has 9 nitrogen and oxygen atoms in total. The molecule has 35 heavy (non-hydrogen) atoms. The van der Waals surface area contributed by atoms with E-state index in [1.54, 1.807) is 37.3 Å². The second-order valence-electron chi connectivity index (χ2n) is 7.33. The lowest BCUT2D eigenvalue weighted by Crippen LogP contribution is -2.56. The second kappa shape index (κ2) is 11.3. The first kappa shape index (κ1) is 26.2. The Bertz CT molecular complexity index is 1300. The zero-order valence-electron chi connectivity index (χ0n) is 19.2. The van der Waals surface area contributed by atoms with Crippen LogP contribution in [0.4, 0.5) is 0 Å². The standard InChI is InChI=1S/C24H22Cl2N4O5/c1-4-21(31)24(13-27,23(32)30(3)14-33-5-2)35-20-11-16(7-8-17(20)26)34-22-12-28-19-10-15(25)6-9-18(19)29-22/h6-12H,4-5,14H2,1-3H3. The number of hydrogen-bond acceptors (Lipinski definition) is 8. The zero-order chi connectivity index (χ0) is 25.6. The first-order valence-electron chi connectivity index (χ1n) is 10.6. The quantitative estimate of drug-likeness (QED) is 0.278. The lowest BCUT2D eigenvalue weighted by molar-refractivity contribution is -0.154. The van der Waals surface area contributed by atoms with E-state index < -0.39 is 17.3 Å². The Morgan fingerprint density at radius 2 is 1.91 bits per heavy atom. The maximum atomic E-state index is 13.1. The summed E-state index contributed by atoms with van der Waals surface area (Å²) in [5.41, 5.74) is -1.29. The average Bonchev–Trinajstić information content (AvgIpc) is 2.86. The van der Waals surface area contributed by atoms with E-state index in [0.717, 1.165) is 4.90 Å². The van der Waals surface area contributed by atoms with Crippen LogP contribution in [0, 0.1) is 11.3 Å². The molecule has 182 valence electrons. The van der Waals surface area contributed by atoms with Crippen molar-refractivity contribution in [3.05, 3.63) is 52.6 Å². The van der Waals surface area contributed by atoms with Crippen LogP contribution in [0.2, 0.25) is 10.0 Å². The predicted octanol–water partition coefficient (Wildman–Crippen LogP) is 4.80. The monoisotopic (exact) mass is 516 g/mol. The smallest absolute Gasteiger partial charge is 0.330 e. The fourth-order valence-electron chi connectivity index (χ4n) is 3.08. The van der Waals surface area contributed by atoms with E-state index in [2.05, 4.69) is 9.97 Å². The fourth-order valence-corrected chi connectivity index (χ4v) is 3.41. The Balaban J connectivity index is 1.93. The molecule has 11 heteroatoms. The third-order valence-electron chi connectivity index (χ3n) is 4.88. The van der Waals surface area contributed by atoms with Crippen molar-refractivity contribution < 1.29 is 23.8 Å². The normalized spacial score (nSPS) is 12.5. The first-order chi connectivity index (χ1) is 16.7. The highest BCUT2D eigenvalue weighted by atomic mass is 35.5. The number of hydrogen-bond donors (Lipinski definition) is 0. The lowest BCUT2D eigenvalue weighted by Gasteiger charge is -2.29. The van der Waals surface area contributed by atoms with Gasteiger partial charge < -0.3 is 19.1 Å². The van der Waals surface area contributed by atoms with Crippen LogP contribution in [0.3, 0.4) is 0 Å². The van der Waals surface area contributed by atoms with Gasteiger partial charge in [-0.15, -0.1) is 0 Å². The highest BCUT2D eigenvalue weighted by molar-refractivity contribution is 6.32. The van der Waals surface area contributed by atoms with Crippen LogP contribution in [0.5, 0.6) is 17.4 Å². The van der Waals surface area contributed by atoms with E-state index in [0.29, 0.717) is 22.7 Å². The molecule has 1 unspecified atom stereocenters. The van der Waals surface area contributed by atoms with E-state index in [1.807, 2.05) is 0 Å². The number of halogens is 2. The van der Waals surface area contributed by atoms with Gasteiger partial charge >= 0.3 is 5.60 Å². The predicted molar refractivity (Wildman–Crippen MR) is 130 cm³/mol. The van der Waals surface area contributed by atoms with Gasteiger partial charge in [0.05, 0.1) is 22.3 Å². The van der Waals surface area contributed by atoms with Crippen LogP contribution < -0.4 is 9.47 Å². The number of Topliss-reactive ketones (excluding diaryl/α,β-unsaturated/α-hetero) is 1. The average molecular weight is 517 g/mol. The zero-order valence-corrected chi connectivity index (χ0v) is 20.8. The molecule has 0 radical (unpaired) electrons. The van der Waals surface area contributed by atoms with Crippen molar-refractivity contribution in [2.45, 2.75) is 25.9 Å². The molecule has 0 N–H and O–H groups in total. The van der Waals surface area contributed by atoms with Crippen molar-refractivity contribution in [1.82, 2.24) is 14.9 Å². The van der Waals surface area contributed by atoms with E-state index >= 15 is 0 Å². The molecule has 0 aliphatic carbocycles. The number of nitrogens with zero attached hydrogens (tertiary/aromatic N) is 4. The number of likely N-dealkylation sites (N-methyl/N-ethyl adjacent to an activating group) is 1. The number of fused-ring (bicyclic) bond motifs is 1. The number of nitriles is 1. The van der Waals surface area contributed by atoms with Crippen LogP contribution in [0.25, 0.3) is 11.0 Å². The summed E-state index contributed by atoms with van der Waals surface area (Å²) in [4.78, 5) is 35.7. The molecule has 3 rings (SSSR count). The summed E-state index contributed by atoms with van der Waals surface area (Å²) in [6, 6.07) is 11.2. The minimum Gasteiger partial charge on any atom is -0.455 e. The largest absolute Gasteiger partial charge is 0.455 e. The number of amides is 1. The van der Waals surface area contributed by atoms with E-state index in [9.17, 15) is 14.9 Å². The van der Waals surface area contributed by atoms with Crippen LogP contribution in [-0.4, -0.2) is 52.5 Å². The summed E-state index contributed by atoms with van der Waals surface area (Å²) in [6.45, 7) is 3.50. The Labute approximate surface area is 212 Å². The molecule has 0 saturated carbocycles. The maximum absolute atomic E-state index is 13.1. The third-order valence-corrected chi connectivity index (χ3v) is 5.43. The van der Waals surface area contributed by atoms with Crippen molar-refractivity contribution in [2.24, 2.45) is 0 Å². The van der Waals surface area contributed by atoms with Crippen LogP contribution in [0.1, 0.15) is 20.3 Å². The van der Waals surface area contributed by atoms with Gasteiger partial charge in [0, 0.05) is 31.2 Å². The van der Waals surface area contributed by atoms with Crippen molar-refractivity contribution >= 4 is 45.9 Å². The number of ether oxygens (including phenoxy) is 3. The highest BCUT2D eigenvalue weighted by Gasteiger charge is 2.50. The fraction of sp³-hybridized carbons (Fsp3) is 0.292. The van der Waals surface area contributed by atoms with Gasteiger partial charge in [-0.25, -0.2) is 9.97 Å². The van der Waals surface area contributed by atoms with Gasteiger partial charge in [-0.2, -0.15) is 5.26 Å². The second-order valence-corrected chi connectivity index (χ2v) is 8.18. The summed E-state index contributed by atoms with van der Waals surface area (Å²) in [7, 11) is 1.41. The molecule has 2 aromatic carbocycles. The molecule has 0 aliphatic heterocycles. The van der Waals surface area contributed by atoms with Gasteiger partial charge in [0.25, 0.3) is 5.91 Å². The third kappa shape index (κ3) is 5.80. The van der Waals surface area contributed by atoms with Crippen molar-refractivity contribution in [3.8, 4) is 23.4 Å². The molecule has 3 aromatic rings. The summed E-state index contributed by atoms with van der Waals surface area (Å²) in [5.74, 6) is -1.28. The van der Waals surface area contributed by atoms with Crippen LogP contribution >= 0.6 is 23.2 Å². The molecule has 1 amide bonds. The Morgan fingerprint density at radius 3 is 2.60 bits per heavy atom.